The summed E-state index contributed by atoms with van der Waals surface area (Å²) >= 11 is 19.4. The van der Waals surface area contributed by atoms with Crippen molar-refractivity contribution in [3.8, 4) is 11.4 Å². The number of carbonyl (C=O) groups excluding carboxylic acids is 1. The van der Waals surface area contributed by atoms with Gasteiger partial charge in [-0.05, 0) is 38.1 Å². The Balaban J connectivity index is 1.76. The first-order chi connectivity index (χ1) is 13.4. The molecule has 0 aliphatic rings. The fourth-order valence-electron chi connectivity index (χ4n) is 2.44. The highest BCUT2D eigenvalue weighted by Crippen LogP contribution is 2.33. The molecule has 0 aliphatic heterocycles. The number of aromatic nitrogens is 4. The number of anilines is 1. The van der Waals surface area contributed by atoms with E-state index in [9.17, 15) is 4.79 Å². The van der Waals surface area contributed by atoms with Gasteiger partial charge >= 0.3 is 0 Å². The number of nitrogens with one attached hydrogen (secondary N) is 1. The van der Waals surface area contributed by atoms with Gasteiger partial charge in [0.15, 0.2) is 11.0 Å². The van der Waals surface area contributed by atoms with Crippen LogP contribution in [-0.4, -0.2) is 30.9 Å². The van der Waals surface area contributed by atoms with Crippen LogP contribution in [0.3, 0.4) is 0 Å². The van der Waals surface area contributed by atoms with E-state index in [1.54, 1.807) is 19.3 Å². The van der Waals surface area contributed by atoms with Crippen molar-refractivity contribution in [2.75, 3.05) is 5.32 Å². The smallest absolute Gasteiger partial charge is 0.237 e. The molecule has 0 bridgehead atoms. The summed E-state index contributed by atoms with van der Waals surface area (Å²) in [5.41, 5.74) is 1.32. The third kappa shape index (κ3) is 4.60. The van der Waals surface area contributed by atoms with Gasteiger partial charge in [0.05, 0.1) is 26.0 Å². The van der Waals surface area contributed by atoms with Crippen LogP contribution in [0.15, 0.2) is 41.8 Å². The van der Waals surface area contributed by atoms with E-state index in [0.717, 1.165) is 11.4 Å². The van der Waals surface area contributed by atoms with Crippen molar-refractivity contribution in [2.24, 2.45) is 0 Å². The predicted octanol–water partition coefficient (Wildman–Crippen LogP) is 5.44. The highest BCUT2D eigenvalue weighted by Gasteiger charge is 2.21. The maximum absolute atomic E-state index is 12.6. The van der Waals surface area contributed by atoms with Gasteiger partial charge in [-0.3, -0.25) is 9.78 Å². The molecule has 1 unspecified atom stereocenters. The number of rotatable bonds is 6. The van der Waals surface area contributed by atoms with Gasteiger partial charge < -0.3 is 9.88 Å². The quantitative estimate of drug-likeness (QED) is 0.395. The average molecular weight is 457 g/mol. The molecule has 3 rings (SSSR count). The molecule has 0 spiro atoms. The van der Waals surface area contributed by atoms with E-state index < -0.39 is 5.25 Å². The van der Waals surface area contributed by atoms with E-state index in [-0.39, 0.29) is 5.91 Å². The van der Waals surface area contributed by atoms with Gasteiger partial charge in [-0.1, -0.05) is 46.6 Å². The Hall–Kier alpha value is -1.80. The summed E-state index contributed by atoms with van der Waals surface area (Å²) in [5, 5.41) is 12.5. The van der Waals surface area contributed by atoms with Crippen molar-refractivity contribution in [1.29, 1.82) is 0 Å². The predicted molar refractivity (Wildman–Crippen MR) is 114 cm³/mol. The van der Waals surface area contributed by atoms with E-state index in [0.29, 0.717) is 32.5 Å². The first kappa shape index (κ1) is 20.9. The molecule has 1 atom stereocenters. The highest BCUT2D eigenvalue weighted by atomic mass is 35.5. The first-order valence-corrected chi connectivity index (χ1v) is 10.4. The lowest BCUT2D eigenvalue weighted by Crippen LogP contribution is -2.23. The maximum Gasteiger partial charge on any atom is 0.237 e. The summed E-state index contributed by atoms with van der Waals surface area (Å²) in [6.07, 6.45) is 3.40. The third-order valence-electron chi connectivity index (χ3n) is 3.89. The molecular formula is C18H16Cl3N5OS. The van der Waals surface area contributed by atoms with Crippen LogP contribution in [-0.2, 0) is 11.3 Å². The Morgan fingerprint density at radius 3 is 2.50 bits per heavy atom. The summed E-state index contributed by atoms with van der Waals surface area (Å²) in [4.78, 5) is 16.6. The standard InChI is InChI=1S/C18H16Cl3N5OS/c1-3-26-16(11-4-6-22-7-5-11)24-25-18(26)28-10(2)17(27)23-15-9-13(20)12(19)8-14(15)21/h4-10H,3H2,1-2H3,(H,23,27). The lowest BCUT2D eigenvalue weighted by Gasteiger charge is -2.14. The molecule has 1 amide bonds. The van der Waals surface area contributed by atoms with E-state index in [4.69, 9.17) is 34.8 Å². The molecule has 2 aromatic heterocycles. The fraction of sp³-hybridized carbons (Fsp3) is 0.222. The van der Waals surface area contributed by atoms with Gasteiger partial charge in [-0.15, -0.1) is 10.2 Å². The summed E-state index contributed by atoms with van der Waals surface area (Å²) < 4.78 is 1.95. The minimum Gasteiger partial charge on any atom is -0.324 e. The summed E-state index contributed by atoms with van der Waals surface area (Å²) in [6.45, 7) is 4.45. The normalized spacial score (nSPS) is 12.0. The van der Waals surface area contributed by atoms with E-state index in [1.807, 2.05) is 23.6 Å². The summed E-state index contributed by atoms with van der Waals surface area (Å²) in [5.74, 6) is 0.494. The van der Waals surface area contributed by atoms with Gasteiger partial charge in [-0.2, -0.15) is 0 Å². The lowest BCUT2D eigenvalue weighted by molar-refractivity contribution is -0.115. The number of halogens is 3. The lowest BCUT2D eigenvalue weighted by atomic mass is 10.2. The zero-order valence-corrected chi connectivity index (χ0v) is 18.1. The molecule has 0 fully saturated rings. The maximum atomic E-state index is 12.6. The third-order valence-corrected chi connectivity index (χ3v) is 6.01. The average Bonchev–Trinajstić information content (AvgIpc) is 3.09. The van der Waals surface area contributed by atoms with E-state index in [2.05, 4.69) is 20.5 Å². The van der Waals surface area contributed by atoms with Crippen LogP contribution in [0.2, 0.25) is 15.1 Å². The van der Waals surface area contributed by atoms with Crippen LogP contribution in [0.4, 0.5) is 5.69 Å². The zero-order chi connectivity index (χ0) is 20.3. The van der Waals surface area contributed by atoms with Crippen molar-refractivity contribution in [3.63, 3.8) is 0 Å². The van der Waals surface area contributed by atoms with Crippen molar-refractivity contribution < 1.29 is 4.79 Å². The summed E-state index contributed by atoms with van der Waals surface area (Å²) in [7, 11) is 0. The minimum atomic E-state index is -0.440. The number of hydrogen-bond acceptors (Lipinski definition) is 5. The molecule has 0 saturated carbocycles. The fourth-order valence-corrected chi connectivity index (χ4v) is 3.95. The molecule has 146 valence electrons. The number of thioether (sulfide) groups is 1. The van der Waals surface area contributed by atoms with E-state index >= 15 is 0 Å². The van der Waals surface area contributed by atoms with Gasteiger partial charge in [0, 0.05) is 24.5 Å². The van der Waals surface area contributed by atoms with Crippen molar-refractivity contribution in [3.05, 3.63) is 51.7 Å². The topological polar surface area (TPSA) is 72.7 Å². The first-order valence-electron chi connectivity index (χ1n) is 8.36. The molecule has 28 heavy (non-hydrogen) atoms. The van der Waals surface area contributed by atoms with Crippen LogP contribution < -0.4 is 5.32 Å². The van der Waals surface area contributed by atoms with Crippen LogP contribution in [0.25, 0.3) is 11.4 Å². The Labute approximate surface area is 181 Å². The number of amides is 1. The largest absolute Gasteiger partial charge is 0.324 e. The molecule has 2 heterocycles. The zero-order valence-electron chi connectivity index (χ0n) is 15.0. The molecule has 6 nitrogen and oxygen atoms in total. The van der Waals surface area contributed by atoms with Crippen LogP contribution in [0.1, 0.15) is 13.8 Å². The van der Waals surface area contributed by atoms with Gasteiger partial charge in [0.2, 0.25) is 5.91 Å². The minimum absolute atomic E-state index is 0.235. The van der Waals surface area contributed by atoms with Gasteiger partial charge in [-0.25, -0.2) is 0 Å². The van der Waals surface area contributed by atoms with Gasteiger partial charge in [0.25, 0.3) is 0 Å². The molecule has 1 N–H and O–H groups in total. The molecule has 3 aromatic rings. The molecule has 0 aliphatic carbocycles. The second-order valence-electron chi connectivity index (χ2n) is 5.78. The number of benzene rings is 1. The SMILES string of the molecule is CCn1c(SC(C)C(=O)Nc2cc(Cl)c(Cl)cc2Cl)nnc1-c1ccncc1. The van der Waals surface area contributed by atoms with Crippen molar-refractivity contribution in [1.82, 2.24) is 19.7 Å². The van der Waals surface area contributed by atoms with E-state index in [1.165, 1.54) is 23.9 Å². The second kappa shape index (κ2) is 9.13. The number of pyridine rings is 1. The Bertz CT molecular complexity index is 996. The second-order valence-corrected chi connectivity index (χ2v) is 8.31. The van der Waals surface area contributed by atoms with Crippen LogP contribution in [0, 0.1) is 0 Å². The van der Waals surface area contributed by atoms with Crippen molar-refractivity contribution >= 4 is 58.2 Å². The van der Waals surface area contributed by atoms with Gasteiger partial charge in [0.1, 0.15) is 0 Å². The molecule has 0 saturated heterocycles. The number of hydrogen-bond donors (Lipinski definition) is 1. The molecule has 10 heteroatoms. The number of carbonyl (C=O) groups is 1. The molecule has 0 radical (unpaired) electrons. The molecule has 1 aromatic carbocycles. The number of nitrogens with zero attached hydrogens (tertiary/aromatic N) is 4. The van der Waals surface area contributed by atoms with Crippen LogP contribution >= 0.6 is 46.6 Å². The monoisotopic (exact) mass is 455 g/mol. The molecular weight excluding hydrogens is 441 g/mol. The summed E-state index contributed by atoms with van der Waals surface area (Å²) in [6, 6.07) is 6.76. The highest BCUT2D eigenvalue weighted by molar-refractivity contribution is 8.00. The van der Waals surface area contributed by atoms with Crippen LogP contribution in [0.5, 0.6) is 0 Å². The Kier molecular flexibility index (Phi) is 6.82. The van der Waals surface area contributed by atoms with Crippen molar-refractivity contribution in [2.45, 2.75) is 30.8 Å². The Morgan fingerprint density at radius 2 is 1.82 bits per heavy atom. The Morgan fingerprint density at radius 1 is 1.14 bits per heavy atom.